The quantitative estimate of drug-likeness (QED) is 0.0578. The summed E-state index contributed by atoms with van der Waals surface area (Å²) in [6.45, 7) is 20.1. The molecule has 0 heterocycles. The van der Waals surface area contributed by atoms with Crippen LogP contribution in [0.2, 0.25) is 0 Å². The van der Waals surface area contributed by atoms with E-state index in [4.69, 9.17) is 45.8 Å². The van der Waals surface area contributed by atoms with Gasteiger partial charge in [0.05, 0.1) is 61.9 Å². The highest BCUT2D eigenvalue weighted by atomic mass is 32.7. The van der Waals surface area contributed by atoms with Crippen LogP contribution < -0.4 is 0 Å². The lowest BCUT2D eigenvalue weighted by molar-refractivity contribution is -0.136. The van der Waals surface area contributed by atoms with Gasteiger partial charge < -0.3 is 5.11 Å². The molecule has 0 radical (unpaired) electrons. The Kier molecular flexibility index (Phi) is 31.0. The predicted molar refractivity (Wildman–Crippen MR) is 254 cm³/mol. The Morgan fingerprint density at radius 1 is 0.443 bits per heavy atom. The number of rotatable bonds is 37. The first kappa shape index (κ1) is 62.1. The molecule has 0 bridgehead atoms. The minimum Gasteiger partial charge on any atom is -0.481 e. The van der Waals surface area contributed by atoms with Gasteiger partial charge in [0.15, 0.2) is 0 Å². The first-order valence-corrected chi connectivity index (χ1v) is 32.4. The van der Waals surface area contributed by atoms with Crippen molar-refractivity contribution in [3.8, 4) is 0 Å². The standard InChI is InChI=1S/C39H82O15P4S3/c1-27(2)20-32(11)50-57(44,51-33(12)21-28(3)4)60-25-37(16)48-55(42,46-24-36(15)54-56(43,47-31(9)10)59-19-18-39(40)41)49-38(17)26-61-58(45,52-34(13)22-29(5)6)53-35(14)23-30(7)8/h27-38H,18-26H2,1-17H3,(H,40,41). The lowest BCUT2D eigenvalue weighted by Gasteiger charge is -2.29. The fourth-order valence-electron chi connectivity index (χ4n) is 5.90. The van der Waals surface area contributed by atoms with Gasteiger partial charge in [-0.05, 0) is 146 Å². The summed E-state index contributed by atoms with van der Waals surface area (Å²) in [5, 5.41) is 9.11. The first-order valence-electron chi connectivity index (χ1n) is 21.5. The number of carboxylic acids is 1. The maximum absolute atomic E-state index is 14.6. The largest absolute Gasteiger partial charge is 0.481 e. The van der Waals surface area contributed by atoms with Crippen LogP contribution in [-0.4, -0.2) is 83.8 Å². The Labute approximate surface area is 381 Å². The van der Waals surface area contributed by atoms with E-state index in [9.17, 15) is 23.1 Å². The van der Waals surface area contributed by atoms with E-state index in [1.54, 1.807) is 27.7 Å². The Balaban J connectivity index is 6.48. The van der Waals surface area contributed by atoms with Crippen LogP contribution in [0.3, 0.4) is 0 Å². The summed E-state index contributed by atoms with van der Waals surface area (Å²) in [5.74, 6) is 0.114. The lowest BCUT2D eigenvalue weighted by atomic mass is 10.1. The van der Waals surface area contributed by atoms with Gasteiger partial charge in [0.2, 0.25) is 0 Å². The van der Waals surface area contributed by atoms with E-state index in [1.807, 2.05) is 83.1 Å². The molecule has 0 saturated heterocycles. The fourth-order valence-corrected chi connectivity index (χ4v) is 19.9. The lowest BCUT2D eigenvalue weighted by Crippen LogP contribution is -2.21. The second-order valence-electron chi connectivity index (χ2n) is 17.7. The van der Waals surface area contributed by atoms with Crippen molar-refractivity contribution in [2.24, 2.45) is 23.7 Å². The Morgan fingerprint density at radius 3 is 1.05 bits per heavy atom. The highest BCUT2D eigenvalue weighted by Gasteiger charge is 2.39. The van der Waals surface area contributed by atoms with Gasteiger partial charge >= 0.3 is 34.2 Å². The first-order chi connectivity index (χ1) is 27.9. The third-order valence-electron chi connectivity index (χ3n) is 7.68. The van der Waals surface area contributed by atoms with Crippen LogP contribution >= 0.6 is 62.4 Å². The number of phosphoric ester groups is 1. The van der Waals surface area contributed by atoms with E-state index in [1.165, 1.54) is 6.92 Å². The van der Waals surface area contributed by atoms with Crippen LogP contribution in [0.1, 0.15) is 150 Å². The Morgan fingerprint density at radius 2 is 0.754 bits per heavy atom. The molecular formula is C39H82O15P4S3. The maximum atomic E-state index is 14.6. The molecule has 0 fully saturated rings. The zero-order valence-corrected chi connectivity index (χ0v) is 46.0. The molecule has 8 atom stereocenters. The van der Waals surface area contributed by atoms with Gasteiger partial charge in [-0.3, -0.25) is 45.5 Å². The second kappa shape index (κ2) is 30.5. The van der Waals surface area contributed by atoms with Crippen molar-refractivity contribution in [2.75, 3.05) is 23.9 Å². The third kappa shape index (κ3) is 31.6. The molecule has 0 rings (SSSR count). The molecule has 61 heavy (non-hydrogen) atoms. The maximum Gasteiger partial charge on any atom is 0.475 e. The Hall–Kier alpha value is 1.08. The van der Waals surface area contributed by atoms with Crippen LogP contribution in [0.15, 0.2) is 0 Å². The van der Waals surface area contributed by atoms with Crippen molar-refractivity contribution in [1.29, 1.82) is 0 Å². The molecule has 22 heteroatoms. The van der Waals surface area contributed by atoms with E-state index < -0.39 is 65.2 Å². The average Bonchev–Trinajstić information content (AvgIpc) is 3.03. The van der Waals surface area contributed by atoms with E-state index >= 15 is 0 Å². The molecule has 15 nitrogen and oxygen atoms in total. The SMILES string of the molecule is CC(C)CC(C)OP(=O)(OC(C)CC(C)C)SCC(C)OP(=O)(OCC(C)OP(=O)(OC(C)C)SCCC(=O)O)OC(C)CSP(=O)(OC(C)CC(C)C)OC(C)CC(C)C. The van der Waals surface area contributed by atoms with Crippen molar-refractivity contribution >= 4 is 68.3 Å². The highest BCUT2D eigenvalue weighted by Crippen LogP contribution is 2.66. The zero-order valence-electron chi connectivity index (χ0n) is 40.0. The van der Waals surface area contributed by atoms with Crippen molar-refractivity contribution in [3.63, 3.8) is 0 Å². The summed E-state index contributed by atoms with van der Waals surface area (Å²) in [7, 11) is -4.53. The van der Waals surface area contributed by atoms with Gasteiger partial charge in [-0.15, -0.1) is 0 Å². The van der Waals surface area contributed by atoms with E-state index in [2.05, 4.69) is 0 Å². The van der Waals surface area contributed by atoms with Crippen molar-refractivity contribution < 1.29 is 68.9 Å². The highest BCUT2D eigenvalue weighted by molar-refractivity contribution is 8.55. The van der Waals surface area contributed by atoms with Crippen molar-refractivity contribution in [2.45, 2.75) is 199 Å². The number of hydrogen-bond acceptors (Lipinski definition) is 17. The number of phosphoric acid groups is 1. The molecule has 8 unspecified atom stereocenters. The molecule has 0 aromatic rings. The molecule has 0 aliphatic heterocycles. The van der Waals surface area contributed by atoms with E-state index in [0.29, 0.717) is 49.4 Å². The van der Waals surface area contributed by atoms with Crippen LogP contribution in [0.4, 0.5) is 0 Å². The topological polar surface area (TPSA) is 189 Å². The van der Waals surface area contributed by atoms with Gasteiger partial charge in [-0.2, -0.15) is 0 Å². The summed E-state index contributed by atoms with van der Waals surface area (Å²) in [6, 6.07) is 0. The molecular weight excluding hydrogens is 929 g/mol. The van der Waals surface area contributed by atoms with E-state index in [0.717, 1.165) is 34.1 Å². The van der Waals surface area contributed by atoms with Gasteiger partial charge in [0, 0.05) is 17.3 Å². The minimum atomic E-state index is -4.53. The number of carboxylic acid groups (broad SMARTS) is 1. The van der Waals surface area contributed by atoms with Crippen LogP contribution in [-0.2, 0) is 63.8 Å². The summed E-state index contributed by atoms with van der Waals surface area (Å²) in [4.78, 5) is 11.1. The minimum absolute atomic E-state index is 0.0159. The average molecular weight is 1010 g/mol. The molecule has 0 spiro atoms. The van der Waals surface area contributed by atoms with Crippen LogP contribution in [0.5, 0.6) is 0 Å². The number of aliphatic carboxylic acids is 1. The molecule has 0 amide bonds. The molecule has 0 aromatic heterocycles. The van der Waals surface area contributed by atoms with Crippen LogP contribution in [0, 0.1) is 23.7 Å². The molecule has 0 aliphatic carbocycles. The zero-order chi connectivity index (χ0) is 47.4. The molecule has 0 aromatic carbocycles. The summed E-state index contributed by atoms with van der Waals surface area (Å²) in [6.07, 6.45) is -2.33. The molecule has 0 aliphatic rings. The van der Waals surface area contributed by atoms with Gasteiger partial charge in [-0.25, -0.2) is 18.3 Å². The number of carbonyl (C=O) groups is 1. The molecule has 1 N–H and O–H groups in total. The van der Waals surface area contributed by atoms with Crippen molar-refractivity contribution in [3.05, 3.63) is 0 Å². The monoisotopic (exact) mass is 1010 g/mol. The van der Waals surface area contributed by atoms with Gasteiger partial charge in [-0.1, -0.05) is 55.4 Å². The summed E-state index contributed by atoms with van der Waals surface area (Å²) in [5.41, 5.74) is 0. The predicted octanol–water partition coefficient (Wildman–Crippen LogP) is 14.6. The summed E-state index contributed by atoms with van der Waals surface area (Å²) < 4.78 is 110. The second-order valence-corrected chi connectivity index (χ2v) is 31.5. The van der Waals surface area contributed by atoms with E-state index in [-0.39, 0.29) is 48.1 Å². The fraction of sp³-hybridized carbons (Fsp3) is 0.974. The van der Waals surface area contributed by atoms with Gasteiger partial charge in [0.25, 0.3) is 0 Å². The number of hydrogen-bond donors (Lipinski definition) is 1. The van der Waals surface area contributed by atoms with Crippen molar-refractivity contribution in [1.82, 2.24) is 0 Å². The Bertz CT molecular complexity index is 1310. The normalized spacial score (nSPS) is 20.2. The molecule has 366 valence electrons. The van der Waals surface area contributed by atoms with Gasteiger partial charge in [0.1, 0.15) is 0 Å². The van der Waals surface area contributed by atoms with Crippen LogP contribution in [0.25, 0.3) is 0 Å². The summed E-state index contributed by atoms with van der Waals surface area (Å²) >= 11 is 2.63. The molecule has 0 saturated carbocycles. The third-order valence-corrected chi connectivity index (χ3v) is 21.6. The smallest absolute Gasteiger partial charge is 0.475 e.